The zero-order valence-electron chi connectivity index (χ0n) is 19.6. The predicted octanol–water partition coefficient (Wildman–Crippen LogP) is 2.88. The number of aliphatic imine (C=N–C) groups is 1. The Balaban J connectivity index is 0.00000480. The molecule has 8 heteroatoms. The zero-order valence-corrected chi connectivity index (χ0v) is 22.0. The number of piperidine rings is 1. The van der Waals surface area contributed by atoms with Gasteiger partial charge in [0, 0.05) is 39.8 Å². The average molecular weight is 546 g/mol. The van der Waals surface area contributed by atoms with Crippen molar-refractivity contribution < 1.29 is 9.53 Å². The van der Waals surface area contributed by atoms with Crippen molar-refractivity contribution in [1.82, 2.24) is 20.4 Å². The van der Waals surface area contributed by atoms with Crippen LogP contribution < -0.4 is 10.6 Å². The standard InChI is InChI=1S/C23H39N5O2.HI/c1-18(2)30-16-15-28-13-11-21(12-14-28)26-23(24-17-22(29)27(4)5)25-19(3)20-9-7-6-8-10-20;/h6-10,18-19,21H,11-17H2,1-5H3,(H2,24,25,26);1H. The molecular formula is C23H40IN5O2. The normalized spacial score (nSPS) is 16.5. The van der Waals surface area contributed by atoms with Crippen LogP contribution >= 0.6 is 24.0 Å². The molecule has 0 aromatic heterocycles. The number of hydrogen-bond acceptors (Lipinski definition) is 4. The number of benzene rings is 1. The third-order valence-electron chi connectivity index (χ3n) is 5.31. The SMILES string of the molecule is CC(C)OCCN1CCC(NC(=NCC(=O)N(C)C)NC(C)c2ccccc2)CC1.I. The summed E-state index contributed by atoms with van der Waals surface area (Å²) in [6.45, 7) is 10.2. The number of carbonyl (C=O) groups excluding carboxylic acids is 1. The van der Waals surface area contributed by atoms with Crippen LogP contribution in [0.25, 0.3) is 0 Å². The summed E-state index contributed by atoms with van der Waals surface area (Å²) in [6.07, 6.45) is 2.37. The van der Waals surface area contributed by atoms with E-state index < -0.39 is 0 Å². The lowest BCUT2D eigenvalue weighted by Gasteiger charge is -2.33. The van der Waals surface area contributed by atoms with Crippen LogP contribution in [-0.2, 0) is 9.53 Å². The van der Waals surface area contributed by atoms with E-state index in [4.69, 9.17) is 4.74 Å². The van der Waals surface area contributed by atoms with E-state index in [9.17, 15) is 4.79 Å². The van der Waals surface area contributed by atoms with Gasteiger partial charge in [0.2, 0.25) is 5.91 Å². The van der Waals surface area contributed by atoms with Crippen molar-refractivity contribution in [3.05, 3.63) is 35.9 Å². The highest BCUT2D eigenvalue weighted by Crippen LogP contribution is 2.13. The second kappa shape index (κ2) is 14.6. The van der Waals surface area contributed by atoms with Gasteiger partial charge in [0.1, 0.15) is 6.54 Å². The Kier molecular flexibility index (Phi) is 13.0. The van der Waals surface area contributed by atoms with Gasteiger partial charge in [-0.1, -0.05) is 30.3 Å². The average Bonchev–Trinajstić information content (AvgIpc) is 2.73. The topological polar surface area (TPSA) is 69.2 Å². The fourth-order valence-electron chi connectivity index (χ4n) is 3.36. The predicted molar refractivity (Wildman–Crippen MR) is 138 cm³/mol. The summed E-state index contributed by atoms with van der Waals surface area (Å²) >= 11 is 0. The molecule has 7 nitrogen and oxygen atoms in total. The van der Waals surface area contributed by atoms with E-state index in [1.54, 1.807) is 19.0 Å². The first kappa shape index (κ1) is 27.6. The van der Waals surface area contributed by atoms with Gasteiger partial charge in [-0.2, -0.15) is 0 Å². The summed E-state index contributed by atoms with van der Waals surface area (Å²) in [6, 6.07) is 10.7. The first-order chi connectivity index (χ1) is 14.3. The number of likely N-dealkylation sites (tertiary alicyclic amines) is 1. The highest BCUT2D eigenvalue weighted by molar-refractivity contribution is 14.0. The number of amides is 1. The monoisotopic (exact) mass is 545 g/mol. The minimum Gasteiger partial charge on any atom is -0.377 e. The van der Waals surface area contributed by atoms with Gasteiger partial charge >= 0.3 is 0 Å². The van der Waals surface area contributed by atoms with Crippen LogP contribution in [0, 0.1) is 0 Å². The Morgan fingerprint density at radius 1 is 1.19 bits per heavy atom. The number of hydrogen-bond donors (Lipinski definition) is 2. The van der Waals surface area contributed by atoms with Crippen molar-refractivity contribution in [3.63, 3.8) is 0 Å². The van der Waals surface area contributed by atoms with E-state index >= 15 is 0 Å². The second-order valence-corrected chi connectivity index (χ2v) is 8.41. The molecule has 31 heavy (non-hydrogen) atoms. The highest BCUT2D eigenvalue weighted by atomic mass is 127. The van der Waals surface area contributed by atoms with Crippen LogP contribution in [0.15, 0.2) is 35.3 Å². The molecule has 0 aliphatic carbocycles. The molecule has 1 aromatic rings. The fraction of sp³-hybridized carbons (Fsp3) is 0.652. The molecule has 0 radical (unpaired) electrons. The molecular weight excluding hydrogens is 505 g/mol. The Hall–Kier alpha value is -1.39. The van der Waals surface area contributed by atoms with Crippen LogP contribution in [0.3, 0.4) is 0 Å². The van der Waals surface area contributed by atoms with E-state index in [0.29, 0.717) is 12.0 Å². The number of nitrogens with one attached hydrogen (secondary N) is 2. The van der Waals surface area contributed by atoms with Crippen molar-refractivity contribution in [2.24, 2.45) is 4.99 Å². The van der Waals surface area contributed by atoms with Crippen molar-refractivity contribution >= 4 is 35.8 Å². The van der Waals surface area contributed by atoms with E-state index in [1.165, 1.54) is 5.56 Å². The van der Waals surface area contributed by atoms with Gasteiger partial charge < -0.3 is 25.2 Å². The maximum Gasteiger partial charge on any atom is 0.243 e. The Bertz CT molecular complexity index is 661. The Morgan fingerprint density at radius 2 is 1.84 bits per heavy atom. The molecule has 1 unspecified atom stereocenters. The smallest absolute Gasteiger partial charge is 0.243 e. The maximum atomic E-state index is 12.0. The molecule has 1 aliphatic rings. The summed E-state index contributed by atoms with van der Waals surface area (Å²) < 4.78 is 5.67. The molecule has 1 aliphatic heterocycles. The number of rotatable bonds is 9. The van der Waals surface area contributed by atoms with Gasteiger partial charge in [0.25, 0.3) is 0 Å². The lowest BCUT2D eigenvalue weighted by atomic mass is 10.1. The number of nitrogens with zero attached hydrogens (tertiary/aromatic N) is 3. The largest absolute Gasteiger partial charge is 0.377 e. The lowest BCUT2D eigenvalue weighted by Crippen LogP contribution is -2.49. The van der Waals surface area contributed by atoms with Crippen LogP contribution in [0.5, 0.6) is 0 Å². The number of halogens is 1. The van der Waals surface area contributed by atoms with E-state index in [2.05, 4.69) is 53.4 Å². The van der Waals surface area contributed by atoms with Gasteiger partial charge in [0.05, 0.1) is 18.8 Å². The molecule has 1 atom stereocenters. The molecule has 0 bridgehead atoms. The van der Waals surface area contributed by atoms with E-state index in [1.807, 2.05) is 18.2 Å². The quantitative estimate of drug-likeness (QED) is 0.284. The maximum absolute atomic E-state index is 12.0. The molecule has 1 aromatic carbocycles. The van der Waals surface area contributed by atoms with Crippen molar-refractivity contribution in [3.8, 4) is 0 Å². The first-order valence-corrected chi connectivity index (χ1v) is 11.0. The highest BCUT2D eigenvalue weighted by Gasteiger charge is 2.21. The van der Waals surface area contributed by atoms with Gasteiger partial charge in [-0.25, -0.2) is 4.99 Å². The van der Waals surface area contributed by atoms with Gasteiger partial charge in [-0.3, -0.25) is 4.79 Å². The van der Waals surface area contributed by atoms with Crippen molar-refractivity contribution in [2.45, 2.75) is 51.8 Å². The van der Waals surface area contributed by atoms with Gasteiger partial charge in [-0.05, 0) is 39.2 Å². The number of ether oxygens (including phenoxy) is 1. The molecule has 1 saturated heterocycles. The minimum absolute atomic E-state index is 0. The Labute approximate surface area is 205 Å². The third kappa shape index (κ3) is 10.7. The van der Waals surface area contributed by atoms with E-state index in [0.717, 1.165) is 39.1 Å². The number of likely N-dealkylation sites (N-methyl/N-ethyl adjacent to an activating group) is 1. The second-order valence-electron chi connectivity index (χ2n) is 8.41. The number of carbonyl (C=O) groups is 1. The van der Waals surface area contributed by atoms with Crippen LogP contribution in [0.4, 0.5) is 0 Å². The van der Waals surface area contributed by atoms with Crippen molar-refractivity contribution in [1.29, 1.82) is 0 Å². The summed E-state index contributed by atoms with van der Waals surface area (Å²) in [4.78, 5) is 20.6. The third-order valence-corrected chi connectivity index (χ3v) is 5.31. The van der Waals surface area contributed by atoms with Crippen molar-refractivity contribution in [2.75, 3.05) is 46.9 Å². The molecule has 2 N–H and O–H groups in total. The van der Waals surface area contributed by atoms with Gasteiger partial charge in [0.15, 0.2) is 5.96 Å². The summed E-state index contributed by atoms with van der Waals surface area (Å²) in [5, 5.41) is 7.02. The lowest BCUT2D eigenvalue weighted by molar-refractivity contribution is -0.127. The molecule has 176 valence electrons. The molecule has 1 fully saturated rings. The number of guanidine groups is 1. The molecule has 0 saturated carbocycles. The van der Waals surface area contributed by atoms with E-state index in [-0.39, 0.29) is 48.6 Å². The molecule has 1 amide bonds. The summed E-state index contributed by atoms with van der Waals surface area (Å²) in [7, 11) is 3.51. The van der Waals surface area contributed by atoms with Crippen LogP contribution in [0.2, 0.25) is 0 Å². The van der Waals surface area contributed by atoms with Crippen LogP contribution in [0.1, 0.15) is 45.2 Å². The Morgan fingerprint density at radius 3 is 2.42 bits per heavy atom. The summed E-state index contributed by atoms with van der Waals surface area (Å²) in [5.74, 6) is 0.687. The fourth-order valence-corrected chi connectivity index (χ4v) is 3.36. The first-order valence-electron chi connectivity index (χ1n) is 11.0. The van der Waals surface area contributed by atoms with Crippen LogP contribution in [-0.4, -0.2) is 80.7 Å². The minimum atomic E-state index is -0.0107. The molecule has 0 spiro atoms. The summed E-state index contributed by atoms with van der Waals surface area (Å²) in [5.41, 5.74) is 1.19. The zero-order chi connectivity index (χ0) is 21.9. The van der Waals surface area contributed by atoms with Gasteiger partial charge in [-0.15, -0.1) is 24.0 Å². The molecule has 1 heterocycles. The molecule has 2 rings (SSSR count).